The number of likely N-dealkylation sites (tertiary alicyclic amines) is 1. The number of para-hydroxylation sites is 1. The van der Waals surface area contributed by atoms with Crippen molar-refractivity contribution >= 4 is 34.8 Å². The number of urea groups is 1. The number of Topliss-reactive ketones (excluding diaryl/α,β-unsaturated/α-hetero) is 1. The molecule has 164 valence electrons. The molecule has 5 nitrogen and oxygen atoms in total. The van der Waals surface area contributed by atoms with E-state index in [1.165, 1.54) is 25.1 Å². The quantitative estimate of drug-likeness (QED) is 0.656. The highest BCUT2D eigenvalue weighted by Gasteiger charge is 2.44. The molecule has 2 saturated heterocycles. The third kappa shape index (κ3) is 4.35. The number of amides is 2. The Morgan fingerprint density at radius 1 is 1.03 bits per heavy atom. The van der Waals surface area contributed by atoms with Gasteiger partial charge in [0, 0.05) is 54.3 Å². The number of rotatable bonds is 3. The van der Waals surface area contributed by atoms with Gasteiger partial charge >= 0.3 is 12.2 Å². The van der Waals surface area contributed by atoms with Crippen LogP contribution in [-0.2, 0) is 6.18 Å². The molecule has 1 N–H and O–H groups in total. The summed E-state index contributed by atoms with van der Waals surface area (Å²) < 4.78 is 40.1. The lowest BCUT2D eigenvalue weighted by Crippen LogP contribution is -2.36. The van der Waals surface area contributed by atoms with Gasteiger partial charge in [-0.1, -0.05) is 23.7 Å². The summed E-state index contributed by atoms with van der Waals surface area (Å²) in [5.41, 5.74) is 0.270. The van der Waals surface area contributed by atoms with Crippen LogP contribution in [0.1, 0.15) is 22.8 Å². The molecule has 31 heavy (non-hydrogen) atoms. The number of fused-ring (bicyclic) bond motifs is 1. The number of hydrogen-bond acceptors (Lipinski definition) is 3. The summed E-state index contributed by atoms with van der Waals surface area (Å²) in [5.74, 6) is -0.0378. The zero-order valence-electron chi connectivity index (χ0n) is 16.7. The molecule has 4 rings (SSSR count). The van der Waals surface area contributed by atoms with Gasteiger partial charge in [-0.2, -0.15) is 13.2 Å². The summed E-state index contributed by atoms with van der Waals surface area (Å²) in [6, 6.07) is 9.95. The van der Waals surface area contributed by atoms with Crippen molar-refractivity contribution in [3.05, 3.63) is 58.6 Å². The number of hydrogen-bond donors (Lipinski definition) is 1. The standard InChI is InChI=1S/C22H21ClF3N3O2/c1-13(30)17-8-16(23)6-7-19(17)27-21(31)29-11-14-9-28(10-15(14)12-29)20-5-3-2-4-18(20)22(24,25)26/h2-8,14-15H,9-12H2,1H3,(H,27,31)/t14-,15+. The molecule has 2 heterocycles. The van der Waals surface area contributed by atoms with Crippen LogP contribution in [0, 0.1) is 11.8 Å². The molecular formula is C22H21ClF3N3O2. The molecule has 2 fully saturated rings. The number of carbonyl (C=O) groups is 2. The molecule has 0 unspecified atom stereocenters. The van der Waals surface area contributed by atoms with Gasteiger partial charge in [0.05, 0.1) is 11.3 Å². The molecule has 2 aromatic rings. The van der Waals surface area contributed by atoms with Crippen molar-refractivity contribution in [2.24, 2.45) is 11.8 Å². The van der Waals surface area contributed by atoms with E-state index in [1.807, 2.05) is 0 Å². The highest BCUT2D eigenvalue weighted by Crippen LogP contribution is 2.40. The maximum absolute atomic E-state index is 13.4. The van der Waals surface area contributed by atoms with Gasteiger partial charge in [-0.25, -0.2) is 4.79 Å². The minimum atomic E-state index is -4.41. The topological polar surface area (TPSA) is 52.7 Å². The monoisotopic (exact) mass is 451 g/mol. The minimum absolute atomic E-state index is 0.0875. The lowest BCUT2D eigenvalue weighted by atomic mass is 10.0. The molecule has 0 aromatic heterocycles. The van der Waals surface area contributed by atoms with Crippen molar-refractivity contribution in [1.29, 1.82) is 0 Å². The molecule has 0 saturated carbocycles. The molecule has 2 aliphatic heterocycles. The molecular weight excluding hydrogens is 431 g/mol. The fourth-order valence-corrected chi connectivity index (χ4v) is 4.63. The molecule has 0 aliphatic carbocycles. The Morgan fingerprint density at radius 2 is 1.68 bits per heavy atom. The molecule has 2 aliphatic rings. The van der Waals surface area contributed by atoms with E-state index in [-0.39, 0.29) is 29.3 Å². The second-order valence-electron chi connectivity index (χ2n) is 8.02. The number of halogens is 4. The van der Waals surface area contributed by atoms with Gasteiger partial charge < -0.3 is 15.1 Å². The van der Waals surface area contributed by atoms with Crippen LogP contribution >= 0.6 is 11.6 Å². The van der Waals surface area contributed by atoms with E-state index in [2.05, 4.69) is 5.32 Å². The predicted molar refractivity (Wildman–Crippen MR) is 113 cm³/mol. The van der Waals surface area contributed by atoms with Gasteiger partial charge in [0.1, 0.15) is 0 Å². The first kappa shape index (κ1) is 21.5. The van der Waals surface area contributed by atoms with Gasteiger partial charge in [-0.05, 0) is 37.3 Å². The molecule has 2 atom stereocenters. The average Bonchev–Trinajstić information content (AvgIpc) is 3.28. The zero-order chi connectivity index (χ0) is 22.3. The summed E-state index contributed by atoms with van der Waals surface area (Å²) in [7, 11) is 0. The largest absolute Gasteiger partial charge is 0.418 e. The van der Waals surface area contributed by atoms with Crippen LogP contribution in [0.25, 0.3) is 0 Å². The molecule has 2 amide bonds. The lowest BCUT2D eigenvalue weighted by molar-refractivity contribution is -0.137. The third-order valence-electron chi connectivity index (χ3n) is 5.93. The number of ketones is 1. The second kappa shape index (κ2) is 8.07. The average molecular weight is 452 g/mol. The van der Waals surface area contributed by atoms with Crippen molar-refractivity contribution in [2.75, 3.05) is 36.4 Å². The molecule has 0 radical (unpaired) electrons. The Kier molecular flexibility index (Phi) is 5.60. The Hall–Kier alpha value is -2.74. The zero-order valence-corrected chi connectivity index (χ0v) is 17.5. The number of anilines is 2. The van der Waals surface area contributed by atoms with Gasteiger partial charge in [0.15, 0.2) is 5.78 Å². The van der Waals surface area contributed by atoms with Gasteiger partial charge in [0.2, 0.25) is 0 Å². The Labute approximate surface area is 182 Å². The molecule has 9 heteroatoms. The Morgan fingerprint density at radius 3 is 2.29 bits per heavy atom. The number of benzene rings is 2. The van der Waals surface area contributed by atoms with Crippen molar-refractivity contribution in [3.63, 3.8) is 0 Å². The summed E-state index contributed by atoms with van der Waals surface area (Å²) in [6.07, 6.45) is -4.41. The summed E-state index contributed by atoms with van der Waals surface area (Å²) in [6.45, 7) is 3.21. The summed E-state index contributed by atoms with van der Waals surface area (Å²) in [4.78, 5) is 28.0. The van der Waals surface area contributed by atoms with Crippen molar-refractivity contribution in [1.82, 2.24) is 4.90 Å². The Balaban J connectivity index is 1.43. The smallest absolute Gasteiger partial charge is 0.370 e. The summed E-state index contributed by atoms with van der Waals surface area (Å²) in [5, 5.41) is 3.17. The van der Waals surface area contributed by atoms with Crippen molar-refractivity contribution < 1.29 is 22.8 Å². The van der Waals surface area contributed by atoms with E-state index in [9.17, 15) is 22.8 Å². The molecule has 0 spiro atoms. The first-order valence-electron chi connectivity index (χ1n) is 9.91. The van der Waals surface area contributed by atoms with Crippen LogP contribution in [0.15, 0.2) is 42.5 Å². The predicted octanol–water partition coefficient (Wildman–Crippen LogP) is 5.16. The molecule has 0 bridgehead atoms. The lowest BCUT2D eigenvalue weighted by Gasteiger charge is -2.26. The van der Waals surface area contributed by atoms with Crippen molar-refractivity contribution in [3.8, 4) is 0 Å². The minimum Gasteiger partial charge on any atom is -0.370 e. The second-order valence-corrected chi connectivity index (χ2v) is 8.46. The maximum Gasteiger partial charge on any atom is 0.418 e. The van der Waals surface area contributed by atoms with Crippen LogP contribution in [0.5, 0.6) is 0 Å². The van der Waals surface area contributed by atoms with Crippen LogP contribution in [-0.4, -0.2) is 42.9 Å². The van der Waals surface area contributed by atoms with E-state index >= 15 is 0 Å². The highest BCUT2D eigenvalue weighted by atomic mass is 35.5. The number of carbonyl (C=O) groups excluding carboxylic acids is 2. The van der Waals surface area contributed by atoms with Crippen LogP contribution in [0.4, 0.5) is 29.3 Å². The maximum atomic E-state index is 13.4. The normalized spacial score (nSPS) is 20.7. The van der Waals surface area contributed by atoms with E-state index in [0.29, 0.717) is 42.5 Å². The number of alkyl halides is 3. The SMILES string of the molecule is CC(=O)c1cc(Cl)ccc1NC(=O)N1C[C@@H]2CN(c3ccccc3C(F)(F)F)C[C@@H]2C1. The van der Waals surface area contributed by atoms with Crippen LogP contribution in [0.3, 0.4) is 0 Å². The van der Waals surface area contributed by atoms with Crippen LogP contribution < -0.4 is 10.2 Å². The highest BCUT2D eigenvalue weighted by molar-refractivity contribution is 6.31. The summed E-state index contributed by atoms with van der Waals surface area (Å²) >= 11 is 5.94. The Bertz CT molecular complexity index is 1010. The first-order chi connectivity index (χ1) is 14.6. The first-order valence-corrected chi connectivity index (χ1v) is 10.3. The van der Waals surface area contributed by atoms with Crippen molar-refractivity contribution in [2.45, 2.75) is 13.1 Å². The van der Waals surface area contributed by atoms with E-state index in [1.54, 1.807) is 28.0 Å². The van der Waals surface area contributed by atoms with Gasteiger partial charge in [-0.15, -0.1) is 0 Å². The number of nitrogens with one attached hydrogen (secondary N) is 1. The van der Waals surface area contributed by atoms with E-state index in [0.717, 1.165) is 6.07 Å². The van der Waals surface area contributed by atoms with Crippen LogP contribution in [0.2, 0.25) is 5.02 Å². The fraction of sp³-hybridized carbons (Fsp3) is 0.364. The third-order valence-corrected chi connectivity index (χ3v) is 6.16. The van der Waals surface area contributed by atoms with Gasteiger partial charge in [0.25, 0.3) is 0 Å². The van der Waals surface area contributed by atoms with Gasteiger partial charge in [-0.3, -0.25) is 4.79 Å². The fourth-order valence-electron chi connectivity index (χ4n) is 4.46. The van der Waals surface area contributed by atoms with E-state index in [4.69, 9.17) is 11.6 Å². The molecule has 2 aromatic carbocycles. The van der Waals surface area contributed by atoms with E-state index < -0.39 is 11.7 Å². The number of nitrogens with zero attached hydrogens (tertiary/aromatic N) is 2.